The van der Waals surface area contributed by atoms with Gasteiger partial charge in [-0.15, -0.1) is 0 Å². The van der Waals surface area contributed by atoms with Crippen molar-refractivity contribution in [2.24, 2.45) is 0 Å². The number of benzene rings is 1. The van der Waals surface area contributed by atoms with E-state index in [9.17, 15) is 4.79 Å². The molecule has 0 aliphatic carbocycles. The molecule has 1 fully saturated rings. The fourth-order valence-electron chi connectivity index (χ4n) is 1.91. The lowest BCUT2D eigenvalue weighted by Crippen LogP contribution is -2.68. The van der Waals surface area contributed by atoms with Crippen molar-refractivity contribution < 1.29 is 9.90 Å². The molecule has 0 aromatic heterocycles. The van der Waals surface area contributed by atoms with Gasteiger partial charge in [-0.1, -0.05) is 30.3 Å². The van der Waals surface area contributed by atoms with E-state index in [1.165, 1.54) is 5.56 Å². The molecule has 0 amide bonds. The fourth-order valence-corrected chi connectivity index (χ4v) is 1.91. The van der Waals surface area contributed by atoms with Gasteiger partial charge in [-0.05, 0) is 5.56 Å². The van der Waals surface area contributed by atoms with Crippen LogP contribution in [0.2, 0.25) is 0 Å². The quantitative estimate of drug-likeness (QED) is 0.680. The van der Waals surface area contributed by atoms with Crippen molar-refractivity contribution >= 4 is 5.97 Å². The second-order valence-electron chi connectivity index (χ2n) is 4.29. The molecule has 1 aliphatic heterocycles. The van der Waals surface area contributed by atoms with Crippen LogP contribution in [0.5, 0.6) is 0 Å². The molecule has 3 N–H and O–H groups in total. The highest BCUT2D eigenvalue weighted by Crippen LogP contribution is 2.16. The first-order valence-electron chi connectivity index (χ1n) is 5.42. The lowest BCUT2D eigenvalue weighted by atomic mass is 9.88. The Hall–Kier alpha value is -1.39. The van der Waals surface area contributed by atoms with Crippen molar-refractivity contribution in [3.63, 3.8) is 0 Å². The lowest BCUT2D eigenvalue weighted by Gasteiger charge is -2.42. The molecule has 86 valence electrons. The van der Waals surface area contributed by atoms with Crippen molar-refractivity contribution in [2.45, 2.75) is 18.5 Å². The van der Waals surface area contributed by atoms with Crippen LogP contribution in [-0.2, 0) is 11.3 Å². The number of carboxylic acids is 1. The Morgan fingerprint density at radius 2 is 2.06 bits per heavy atom. The van der Waals surface area contributed by atoms with E-state index >= 15 is 0 Å². The average Bonchev–Trinajstić information content (AvgIpc) is 2.23. The number of hydrogen-bond donors (Lipinski definition) is 3. The lowest BCUT2D eigenvalue weighted by molar-refractivity contribution is -0.139. The van der Waals surface area contributed by atoms with Crippen LogP contribution in [0.25, 0.3) is 0 Å². The van der Waals surface area contributed by atoms with Gasteiger partial charge < -0.3 is 15.7 Å². The van der Waals surface area contributed by atoms with Gasteiger partial charge in [-0.3, -0.25) is 4.79 Å². The standard InChI is InChI=1S/C12H16N2O2/c15-11(16)6-12(8-13-9-12)14-7-10-4-2-1-3-5-10/h1-5,13-14H,6-9H2,(H,15,16). The summed E-state index contributed by atoms with van der Waals surface area (Å²) in [5, 5.41) is 15.3. The minimum absolute atomic E-state index is 0.173. The third-order valence-electron chi connectivity index (χ3n) is 2.93. The van der Waals surface area contributed by atoms with Crippen LogP contribution in [0.4, 0.5) is 0 Å². The summed E-state index contributed by atoms with van der Waals surface area (Å²) in [5.74, 6) is -0.748. The van der Waals surface area contributed by atoms with Gasteiger partial charge in [-0.25, -0.2) is 0 Å². The van der Waals surface area contributed by atoms with Crippen molar-refractivity contribution in [3.05, 3.63) is 35.9 Å². The topological polar surface area (TPSA) is 61.4 Å². The molecule has 0 saturated carbocycles. The van der Waals surface area contributed by atoms with E-state index in [0.717, 1.165) is 19.6 Å². The maximum atomic E-state index is 10.8. The highest BCUT2D eigenvalue weighted by atomic mass is 16.4. The predicted molar refractivity (Wildman–Crippen MR) is 61.1 cm³/mol. The minimum atomic E-state index is -0.748. The summed E-state index contributed by atoms with van der Waals surface area (Å²) in [5.41, 5.74) is 0.918. The molecule has 1 aliphatic rings. The smallest absolute Gasteiger partial charge is 0.305 e. The van der Waals surface area contributed by atoms with Crippen molar-refractivity contribution in [1.29, 1.82) is 0 Å². The van der Waals surface area contributed by atoms with Gasteiger partial charge in [-0.2, -0.15) is 0 Å². The number of nitrogens with one attached hydrogen (secondary N) is 2. The van der Waals surface area contributed by atoms with Gasteiger partial charge in [0, 0.05) is 19.6 Å². The molecule has 0 unspecified atom stereocenters. The number of carbonyl (C=O) groups is 1. The van der Waals surface area contributed by atoms with Gasteiger partial charge in [0.1, 0.15) is 0 Å². The molecule has 0 radical (unpaired) electrons. The molecular weight excluding hydrogens is 204 g/mol. The third kappa shape index (κ3) is 2.59. The largest absolute Gasteiger partial charge is 0.481 e. The first-order valence-corrected chi connectivity index (χ1v) is 5.42. The van der Waals surface area contributed by atoms with Gasteiger partial charge in [0.15, 0.2) is 0 Å². The second-order valence-corrected chi connectivity index (χ2v) is 4.29. The van der Waals surface area contributed by atoms with Crippen molar-refractivity contribution in [3.8, 4) is 0 Å². The number of rotatable bonds is 5. The minimum Gasteiger partial charge on any atom is -0.481 e. The van der Waals surface area contributed by atoms with E-state index in [0.29, 0.717) is 0 Å². The van der Waals surface area contributed by atoms with Crippen LogP contribution in [-0.4, -0.2) is 29.7 Å². The highest BCUT2D eigenvalue weighted by molar-refractivity contribution is 5.68. The molecule has 1 aromatic carbocycles. The van der Waals surface area contributed by atoms with Gasteiger partial charge in [0.2, 0.25) is 0 Å². The fraction of sp³-hybridized carbons (Fsp3) is 0.417. The number of hydrogen-bond acceptors (Lipinski definition) is 3. The summed E-state index contributed by atoms with van der Waals surface area (Å²) in [6, 6.07) is 10.0. The zero-order chi connectivity index (χ0) is 11.4. The first kappa shape index (κ1) is 11.1. The normalized spacial score (nSPS) is 17.8. The predicted octanol–water partition coefficient (Wildman–Crippen LogP) is 0.593. The highest BCUT2D eigenvalue weighted by Gasteiger charge is 2.38. The SMILES string of the molecule is O=C(O)CC1(NCc2ccccc2)CNC1. The van der Waals surface area contributed by atoms with E-state index in [2.05, 4.69) is 10.6 Å². The maximum Gasteiger partial charge on any atom is 0.305 e. The van der Waals surface area contributed by atoms with Crippen LogP contribution >= 0.6 is 0 Å². The third-order valence-corrected chi connectivity index (χ3v) is 2.93. The Bertz CT molecular complexity index is 361. The molecule has 2 rings (SSSR count). The first-order chi connectivity index (χ1) is 7.70. The van der Waals surface area contributed by atoms with Crippen LogP contribution in [0.1, 0.15) is 12.0 Å². The van der Waals surface area contributed by atoms with E-state index < -0.39 is 5.97 Å². The van der Waals surface area contributed by atoms with Gasteiger partial charge in [0.25, 0.3) is 0 Å². The van der Waals surface area contributed by atoms with E-state index in [4.69, 9.17) is 5.11 Å². The van der Waals surface area contributed by atoms with E-state index in [1.807, 2.05) is 30.3 Å². The molecule has 1 aromatic rings. The summed E-state index contributed by atoms with van der Waals surface area (Å²) in [4.78, 5) is 10.8. The van der Waals surface area contributed by atoms with Crippen LogP contribution in [0.15, 0.2) is 30.3 Å². The number of aliphatic carboxylic acids is 1. The summed E-state index contributed by atoms with van der Waals surface area (Å²) in [6.45, 7) is 2.17. The molecular formula is C12H16N2O2. The summed E-state index contributed by atoms with van der Waals surface area (Å²) in [6.07, 6.45) is 0.173. The molecule has 0 atom stereocenters. The Balaban J connectivity index is 1.90. The van der Waals surface area contributed by atoms with Gasteiger partial charge >= 0.3 is 5.97 Å². The Morgan fingerprint density at radius 3 is 2.56 bits per heavy atom. The van der Waals surface area contributed by atoms with Gasteiger partial charge in [0.05, 0.1) is 12.0 Å². The molecule has 1 saturated heterocycles. The Labute approximate surface area is 94.7 Å². The summed E-state index contributed by atoms with van der Waals surface area (Å²) < 4.78 is 0. The Morgan fingerprint density at radius 1 is 1.38 bits per heavy atom. The molecule has 0 spiro atoms. The monoisotopic (exact) mass is 220 g/mol. The van der Waals surface area contributed by atoms with Crippen LogP contribution < -0.4 is 10.6 Å². The van der Waals surface area contributed by atoms with E-state index in [1.54, 1.807) is 0 Å². The Kier molecular flexibility index (Phi) is 3.22. The number of carboxylic acid groups (broad SMARTS) is 1. The molecule has 4 heteroatoms. The maximum absolute atomic E-state index is 10.8. The molecule has 0 bridgehead atoms. The van der Waals surface area contributed by atoms with Crippen LogP contribution in [0.3, 0.4) is 0 Å². The van der Waals surface area contributed by atoms with E-state index in [-0.39, 0.29) is 12.0 Å². The zero-order valence-corrected chi connectivity index (χ0v) is 9.07. The summed E-state index contributed by atoms with van der Waals surface area (Å²) in [7, 11) is 0. The molecule has 1 heterocycles. The van der Waals surface area contributed by atoms with Crippen molar-refractivity contribution in [1.82, 2.24) is 10.6 Å². The summed E-state index contributed by atoms with van der Waals surface area (Å²) >= 11 is 0. The van der Waals surface area contributed by atoms with Crippen LogP contribution in [0, 0.1) is 0 Å². The van der Waals surface area contributed by atoms with Crippen molar-refractivity contribution in [2.75, 3.05) is 13.1 Å². The zero-order valence-electron chi connectivity index (χ0n) is 9.07. The molecule has 16 heavy (non-hydrogen) atoms. The molecule has 4 nitrogen and oxygen atoms in total. The average molecular weight is 220 g/mol. The second kappa shape index (κ2) is 4.63.